The monoisotopic (exact) mass is 456 g/mol. The van der Waals surface area contributed by atoms with Gasteiger partial charge in [0.15, 0.2) is 11.7 Å². The van der Waals surface area contributed by atoms with Crippen LogP contribution in [0.1, 0.15) is 53.9 Å². The molecule has 1 aliphatic heterocycles. The van der Waals surface area contributed by atoms with Crippen molar-refractivity contribution in [3.8, 4) is 0 Å². The maximum atomic E-state index is 12.8. The van der Waals surface area contributed by atoms with Gasteiger partial charge in [-0.15, -0.1) is 0 Å². The van der Waals surface area contributed by atoms with Gasteiger partial charge in [-0.1, -0.05) is 0 Å². The van der Waals surface area contributed by atoms with Crippen LogP contribution in [-0.2, 0) is 38.1 Å². The van der Waals surface area contributed by atoms with Crippen molar-refractivity contribution < 1.29 is 53.4 Å². The van der Waals surface area contributed by atoms with Crippen LogP contribution >= 0.6 is 0 Å². The molecule has 11 nitrogen and oxygen atoms in total. The number of carbonyl (C=O) groups is 4. The Morgan fingerprint density at radius 3 is 2.12 bits per heavy atom. The predicted molar refractivity (Wildman–Crippen MR) is 104 cm³/mol. The first-order valence-electron chi connectivity index (χ1n) is 10.2. The topological polar surface area (TPSA) is 166 Å². The standard InChI is InChI=1S/C21H28O11/c1-10(23)29-14-8-19(5,31-12(3)25)20(28)7-6-18(4,27)17(30-11(2)24)21(20)15(14)13(9-22)16(26)32-21/h14,17,22,27-28H,6-9H2,1-5H3. The third-order valence-corrected chi connectivity index (χ3v) is 6.66. The molecule has 1 heterocycles. The SMILES string of the molecule is CC(=O)OC1CC(C)(OC(C)=O)C2(O)CCC(C)(O)C(OC(C)=O)C23OC(=O)C(CO)=C13. The van der Waals surface area contributed by atoms with Crippen LogP contribution < -0.4 is 0 Å². The van der Waals surface area contributed by atoms with E-state index in [2.05, 4.69) is 0 Å². The minimum absolute atomic E-state index is 0.114. The molecule has 0 radical (unpaired) electrons. The summed E-state index contributed by atoms with van der Waals surface area (Å²) in [6, 6.07) is 0. The van der Waals surface area contributed by atoms with E-state index < -0.39 is 65.1 Å². The highest BCUT2D eigenvalue weighted by atomic mass is 16.6. The Kier molecular flexibility index (Phi) is 5.68. The van der Waals surface area contributed by atoms with Gasteiger partial charge in [-0.2, -0.15) is 0 Å². The fourth-order valence-electron chi connectivity index (χ4n) is 5.49. The van der Waals surface area contributed by atoms with Crippen molar-refractivity contribution in [2.24, 2.45) is 0 Å². The maximum Gasteiger partial charge on any atom is 0.337 e. The summed E-state index contributed by atoms with van der Waals surface area (Å²) in [7, 11) is 0. The Labute approximate surface area is 184 Å². The first kappa shape index (κ1) is 24.1. The number of aliphatic hydroxyl groups excluding tert-OH is 1. The molecule has 1 spiro atoms. The Morgan fingerprint density at radius 2 is 1.62 bits per heavy atom. The summed E-state index contributed by atoms with van der Waals surface area (Å²) in [5, 5.41) is 33.2. The summed E-state index contributed by atoms with van der Waals surface area (Å²) < 4.78 is 22.0. The van der Waals surface area contributed by atoms with Crippen molar-refractivity contribution >= 4 is 23.9 Å². The normalized spacial score (nSPS) is 40.7. The third-order valence-electron chi connectivity index (χ3n) is 6.66. The van der Waals surface area contributed by atoms with E-state index in [4.69, 9.17) is 18.9 Å². The van der Waals surface area contributed by atoms with Crippen LogP contribution in [0.25, 0.3) is 0 Å². The molecule has 32 heavy (non-hydrogen) atoms. The average molecular weight is 456 g/mol. The summed E-state index contributed by atoms with van der Waals surface area (Å²) >= 11 is 0. The van der Waals surface area contributed by atoms with Gasteiger partial charge in [0.2, 0.25) is 5.60 Å². The van der Waals surface area contributed by atoms with E-state index >= 15 is 0 Å². The van der Waals surface area contributed by atoms with Crippen LogP contribution in [0.15, 0.2) is 11.1 Å². The summed E-state index contributed by atoms with van der Waals surface area (Å²) in [5.41, 5.74) is -8.51. The van der Waals surface area contributed by atoms with Crippen LogP contribution in [0, 0.1) is 0 Å². The molecule has 2 aliphatic carbocycles. The van der Waals surface area contributed by atoms with Crippen molar-refractivity contribution in [2.45, 2.75) is 88.5 Å². The van der Waals surface area contributed by atoms with Gasteiger partial charge >= 0.3 is 23.9 Å². The number of aliphatic hydroxyl groups is 3. The van der Waals surface area contributed by atoms with E-state index in [0.717, 1.165) is 20.8 Å². The van der Waals surface area contributed by atoms with Crippen LogP contribution in [0.5, 0.6) is 0 Å². The van der Waals surface area contributed by atoms with Crippen LogP contribution in [0.3, 0.4) is 0 Å². The highest BCUT2D eigenvalue weighted by Crippen LogP contribution is 2.63. The van der Waals surface area contributed by atoms with Crippen LogP contribution in [-0.4, -0.2) is 80.4 Å². The molecule has 3 aliphatic rings. The Bertz CT molecular complexity index is 905. The van der Waals surface area contributed by atoms with Crippen LogP contribution in [0.2, 0.25) is 0 Å². The van der Waals surface area contributed by atoms with Gasteiger partial charge in [0, 0.05) is 32.8 Å². The molecule has 6 atom stereocenters. The maximum absolute atomic E-state index is 12.8. The molecule has 11 heteroatoms. The van der Waals surface area contributed by atoms with Gasteiger partial charge < -0.3 is 34.3 Å². The minimum atomic E-state index is -2.29. The summed E-state index contributed by atoms with van der Waals surface area (Å²) in [6.07, 6.45) is -3.57. The second-order valence-corrected chi connectivity index (χ2v) is 9.01. The van der Waals surface area contributed by atoms with Gasteiger partial charge in [0.05, 0.1) is 12.2 Å². The first-order chi connectivity index (χ1) is 14.6. The molecular formula is C21H28O11. The zero-order valence-electron chi connectivity index (χ0n) is 18.6. The molecule has 0 aromatic heterocycles. The van der Waals surface area contributed by atoms with Gasteiger partial charge in [0.25, 0.3) is 0 Å². The van der Waals surface area contributed by atoms with Crippen molar-refractivity contribution in [1.29, 1.82) is 0 Å². The molecule has 0 aromatic carbocycles. The third kappa shape index (κ3) is 3.22. The van der Waals surface area contributed by atoms with E-state index in [1.807, 2.05) is 0 Å². The Morgan fingerprint density at radius 1 is 1.03 bits per heavy atom. The number of ether oxygens (including phenoxy) is 4. The van der Waals surface area contributed by atoms with E-state index in [9.17, 15) is 34.5 Å². The molecule has 2 saturated carbocycles. The van der Waals surface area contributed by atoms with Crippen molar-refractivity contribution in [3.05, 3.63) is 11.1 Å². The lowest BCUT2D eigenvalue weighted by Crippen LogP contribution is -2.82. The average Bonchev–Trinajstić information content (AvgIpc) is 2.93. The van der Waals surface area contributed by atoms with E-state index in [0.29, 0.717) is 0 Å². The molecule has 0 amide bonds. The lowest BCUT2D eigenvalue weighted by molar-refractivity contribution is -0.324. The molecule has 0 bridgehead atoms. The fourth-order valence-corrected chi connectivity index (χ4v) is 5.49. The molecule has 3 rings (SSSR count). The lowest BCUT2D eigenvalue weighted by Gasteiger charge is -2.63. The van der Waals surface area contributed by atoms with Gasteiger partial charge in [0.1, 0.15) is 17.3 Å². The fraction of sp³-hybridized carbons (Fsp3) is 0.714. The molecule has 0 aromatic rings. The Hall–Kier alpha value is -2.50. The summed E-state index contributed by atoms with van der Waals surface area (Å²) in [5.74, 6) is -3.40. The molecule has 178 valence electrons. The first-order valence-corrected chi connectivity index (χ1v) is 10.2. The summed E-state index contributed by atoms with van der Waals surface area (Å²) in [6.45, 7) is 5.22. The number of rotatable bonds is 4. The molecule has 0 saturated heterocycles. The number of hydrogen-bond acceptors (Lipinski definition) is 11. The second-order valence-electron chi connectivity index (χ2n) is 9.01. The molecule has 2 fully saturated rings. The van der Waals surface area contributed by atoms with E-state index in [-0.39, 0.29) is 30.4 Å². The van der Waals surface area contributed by atoms with Crippen LogP contribution in [0.4, 0.5) is 0 Å². The van der Waals surface area contributed by atoms with Crippen molar-refractivity contribution in [1.82, 2.24) is 0 Å². The number of carbonyl (C=O) groups excluding carboxylic acids is 4. The molecule has 3 N–H and O–H groups in total. The summed E-state index contributed by atoms with van der Waals surface area (Å²) in [4.78, 5) is 48.7. The largest absolute Gasteiger partial charge is 0.458 e. The highest BCUT2D eigenvalue weighted by Gasteiger charge is 2.81. The van der Waals surface area contributed by atoms with Gasteiger partial charge in [-0.25, -0.2) is 4.79 Å². The van der Waals surface area contributed by atoms with Crippen molar-refractivity contribution in [3.63, 3.8) is 0 Å². The second kappa shape index (κ2) is 7.53. The number of esters is 4. The lowest BCUT2D eigenvalue weighted by atomic mass is 9.51. The smallest absolute Gasteiger partial charge is 0.337 e. The van der Waals surface area contributed by atoms with Gasteiger partial charge in [-0.05, 0) is 26.7 Å². The zero-order chi connectivity index (χ0) is 24.3. The highest BCUT2D eigenvalue weighted by molar-refractivity contribution is 5.95. The molecule has 6 unspecified atom stereocenters. The number of hydrogen-bond donors (Lipinski definition) is 3. The minimum Gasteiger partial charge on any atom is -0.458 e. The zero-order valence-corrected chi connectivity index (χ0v) is 18.6. The molecular weight excluding hydrogens is 428 g/mol. The van der Waals surface area contributed by atoms with E-state index in [1.165, 1.54) is 13.8 Å². The predicted octanol–water partition coefficient (Wildman–Crippen LogP) is -0.564. The Balaban J connectivity index is 2.40. The quantitative estimate of drug-likeness (QED) is 0.366. The van der Waals surface area contributed by atoms with E-state index in [1.54, 1.807) is 0 Å². The van der Waals surface area contributed by atoms with Crippen molar-refractivity contribution in [2.75, 3.05) is 6.61 Å². The van der Waals surface area contributed by atoms with Gasteiger partial charge in [-0.3, -0.25) is 14.4 Å².